The van der Waals surface area contributed by atoms with Crippen molar-refractivity contribution in [3.63, 3.8) is 0 Å². The third-order valence-corrected chi connectivity index (χ3v) is 1.83. The van der Waals surface area contributed by atoms with E-state index in [9.17, 15) is 9.18 Å². The quantitative estimate of drug-likeness (QED) is 0.717. The average Bonchev–Trinajstić information content (AvgIpc) is 2.48. The van der Waals surface area contributed by atoms with Gasteiger partial charge in [0.15, 0.2) is 6.29 Å². The molecule has 0 fully saturated rings. The molecule has 1 aromatic rings. The molecule has 0 saturated carbocycles. The van der Waals surface area contributed by atoms with Gasteiger partial charge in [0.25, 0.3) is 0 Å². The normalized spacial score (nSPS) is 14.0. The van der Waals surface area contributed by atoms with E-state index >= 15 is 0 Å². The number of alkyl halides is 1. The largest absolute Gasteiger partial charge is 0.353 e. The molecule has 0 aromatic carbocycles. The standard InChI is InChI=1S/C11H14FNO/c1-8(2)5-11-9(3-4-12)6-10(7-14)13-11/h3,5-8,13H,4H2,1-2H3/b9-3-,11-5+. The van der Waals surface area contributed by atoms with Gasteiger partial charge in [-0.1, -0.05) is 19.9 Å². The third kappa shape index (κ3) is 2.55. The summed E-state index contributed by atoms with van der Waals surface area (Å²) in [6, 6.07) is 1.65. The zero-order valence-corrected chi connectivity index (χ0v) is 8.38. The van der Waals surface area contributed by atoms with Crippen LogP contribution in [0.2, 0.25) is 0 Å². The van der Waals surface area contributed by atoms with Crippen LogP contribution in [0.1, 0.15) is 24.3 Å². The number of aromatic amines is 1. The number of aromatic nitrogens is 1. The van der Waals surface area contributed by atoms with Crippen molar-refractivity contribution in [2.45, 2.75) is 13.8 Å². The van der Waals surface area contributed by atoms with Gasteiger partial charge < -0.3 is 4.98 Å². The Hall–Kier alpha value is -1.38. The SMILES string of the molecule is CC(C)/C=c1/[nH]c(C=O)c/c1=C/CF. The Morgan fingerprint density at radius 1 is 1.57 bits per heavy atom. The Morgan fingerprint density at radius 2 is 2.29 bits per heavy atom. The zero-order chi connectivity index (χ0) is 10.6. The van der Waals surface area contributed by atoms with Crippen LogP contribution in [0.4, 0.5) is 4.39 Å². The second kappa shape index (κ2) is 4.74. The van der Waals surface area contributed by atoms with E-state index in [1.807, 2.05) is 19.9 Å². The molecule has 0 aliphatic rings. The topological polar surface area (TPSA) is 32.9 Å². The fourth-order valence-corrected chi connectivity index (χ4v) is 1.30. The van der Waals surface area contributed by atoms with E-state index in [1.165, 1.54) is 6.08 Å². The predicted molar refractivity (Wildman–Crippen MR) is 55.2 cm³/mol. The molecule has 1 aromatic heterocycles. The maximum atomic E-state index is 12.1. The minimum Gasteiger partial charge on any atom is -0.353 e. The molecule has 2 nitrogen and oxygen atoms in total. The molecule has 1 N–H and O–H groups in total. The van der Waals surface area contributed by atoms with Gasteiger partial charge in [-0.25, -0.2) is 4.39 Å². The Balaban J connectivity index is 3.33. The molecule has 0 bridgehead atoms. The van der Waals surface area contributed by atoms with E-state index in [4.69, 9.17) is 0 Å². The van der Waals surface area contributed by atoms with Gasteiger partial charge in [0, 0.05) is 5.35 Å². The smallest absolute Gasteiger partial charge is 0.166 e. The highest BCUT2D eigenvalue weighted by Gasteiger charge is 1.95. The van der Waals surface area contributed by atoms with Crippen molar-refractivity contribution in [2.75, 3.05) is 6.67 Å². The summed E-state index contributed by atoms with van der Waals surface area (Å²) in [5, 5.41) is 1.57. The molecule has 0 radical (unpaired) electrons. The summed E-state index contributed by atoms with van der Waals surface area (Å²) in [5.74, 6) is 0.361. The summed E-state index contributed by atoms with van der Waals surface area (Å²) in [6.07, 6.45) is 4.15. The monoisotopic (exact) mass is 195 g/mol. The molecule has 3 heteroatoms. The number of hydrogen-bond acceptors (Lipinski definition) is 1. The summed E-state index contributed by atoms with van der Waals surface area (Å²) < 4.78 is 12.1. The van der Waals surface area contributed by atoms with Crippen molar-refractivity contribution in [3.05, 3.63) is 22.3 Å². The maximum absolute atomic E-state index is 12.1. The van der Waals surface area contributed by atoms with Crippen LogP contribution in [0.3, 0.4) is 0 Å². The molecule has 14 heavy (non-hydrogen) atoms. The fourth-order valence-electron chi connectivity index (χ4n) is 1.30. The number of rotatable bonds is 3. The maximum Gasteiger partial charge on any atom is 0.166 e. The number of halogens is 1. The van der Waals surface area contributed by atoms with E-state index < -0.39 is 6.67 Å². The Labute approximate surface area is 82.1 Å². The summed E-state index contributed by atoms with van der Waals surface area (Å²) in [5.41, 5.74) is 0.483. The van der Waals surface area contributed by atoms with Gasteiger partial charge in [-0.15, -0.1) is 0 Å². The summed E-state index contributed by atoms with van der Waals surface area (Å²) in [7, 11) is 0. The minimum absolute atomic E-state index is 0.361. The Kier molecular flexibility index (Phi) is 3.63. The number of H-pyrrole nitrogens is 1. The van der Waals surface area contributed by atoms with Gasteiger partial charge in [0.1, 0.15) is 6.67 Å². The third-order valence-electron chi connectivity index (χ3n) is 1.83. The van der Waals surface area contributed by atoms with Gasteiger partial charge in [0.05, 0.1) is 5.69 Å². The van der Waals surface area contributed by atoms with Crippen molar-refractivity contribution in [1.29, 1.82) is 0 Å². The molecule has 0 atom stereocenters. The van der Waals surface area contributed by atoms with Crippen LogP contribution in [0.15, 0.2) is 6.07 Å². The fraction of sp³-hybridized carbons (Fsp3) is 0.364. The summed E-state index contributed by atoms with van der Waals surface area (Å²) in [6.45, 7) is 3.54. The lowest BCUT2D eigenvalue weighted by atomic mass is 10.2. The summed E-state index contributed by atoms with van der Waals surface area (Å²) in [4.78, 5) is 13.4. The number of carbonyl (C=O) groups is 1. The zero-order valence-electron chi connectivity index (χ0n) is 8.38. The molecule has 0 spiro atoms. The van der Waals surface area contributed by atoms with Crippen LogP contribution in [-0.4, -0.2) is 17.9 Å². The van der Waals surface area contributed by atoms with E-state index in [-0.39, 0.29) is 0 Å². The molecule has 0 aliphatic carbocycles. The first-order valence-electron chi connectivity index (χ1n) is 4.59. The van der Waals surface area contributed by atoms with E-state index in [1.54, 1.807) is 6.07 Å². The number of aldehydes is 1. The van der Waals surface area contributed by atoms with Crippen LogP contribution in [0, 0.1) is 5.92 Å². The van der Waals surface area contributed by atoms with Crippen molar-refractivity contribution in [2.24, 2.45) is 5.92 Å². The van der Waals surface area contributed by atoms with Gasteiger partial charge in [-0.3, -0.25) is 4.79 Å². The van der Waals surface area contributed by atoms with Crippen molar-refractivity contribution < 1.29 is 9.18 Å². The minimum atomic E-state index is -0.519. The lowest BCUT2D eigenvalue weighted by molar-refractivity contribution is 0.111. The van der Waals surface area contributed by atoms with E-state index in [0.717, 1.165) is 16.9 Å². The van der Waals surface area contributed by atoms with Gasteiger partial charge in [-0.05, 0) is 23.3 Å². The lowest BCUT2D eigenvalue weighted by Crippen LogP contribution is -2.23. The first-order valence-corrected chi connectivity index (χ1v) is 4.59. The van der Waals surface area contributed by atoms with Crippen LogP contribution >= 0.6 is 0 Å². The molecule has 1 heterocycles. The van der Waals surface area contributed by atoms with Gasteiger partial charge in [0.2, 0.25) is 0 Å². The second-order valence-corrected chi connectivity index (χ2v) is 3.48. The molecular formula is C11H14FNO. The molecule has 1 rings (SSSR count). The summed E-state index contributed by atoms with van der Waals surface area (Å²) >= 11 is 0. The Morgan fingerprint density at radius 3 is 2.79 bits per heavy atom. The van der Waals surface area contributed by atoms with Gasteiger partial charge in [-0.2, -0.15) is 0 Å². The second-order valence-electron chi connectivity index (χ2n) is 3.48. The van der Waals surface area contributed by atoms with Crippen LogP contribution in [-0.2, 0) is 0 Å². The average molecular weight is 195 g/mol. The first kappa shape index (κ1) is 10.7. The number of nitrogens with one attached hydrogen (secondary N) is 1. The molecule has 0 unspecified atom stereocenters. The first-order chi connectivity index (χ1) is 6.67. The highest BCUT2D eigenvalue weighted by Crippen LogP contribution is 1.91. The van der Waals surface area contributed by atoms with Crippen molar-refractivity contribution >= 4 is 18.4 Å². The highest BCUT2D eigenvalue weighted by molar-refractivity contribution is 5.72. The number of hydrogen-bond donors (Lipinski definition) is 1. The van der Waals surface area contributed by atoms with Crippen LogP contribution in [0.25, 0.3) is 12.2 Å². The molecule has 0 aliphatic heterocycles. The van der Waals surface area contributed by atoms with Gasteiger partial charge >= 0.3 is 0 Å². The highest BCUT2D eigenvalue weighted by atomic mass is 19.1. The van der Waals surface area contributed by atoms with Crippen molar-refractivity contribution in [3.8, 4) is 0 Å². The Bertz CT molecular complexity index is 417. The lowest BCUT2D eigenvalue weighted by Gasteiger charge is -1.90. The van der Waals surface area contributed by atoms with E-state index in [2.05, 4.69) is 4.98 Å². The predicted octanol–water partition coefficient (Wildman–Crippen LogP) is 1.01. The molecule has 0 saturated heterocycles. The molecule has 76 valence electrons. The van der Waals surface area contributed by atoms with Crippen LogP contribution < -0.4 is 10.6 Å². The van der Waals surface area contributed by atoms with E-state index in [0.29, 0.717) is 11.6 Å². The van der Waals surface area contributed by atoms with Crippen molar-refractivity contribution in [1.82, 2.24) is 4.98 Å². The molecular weight excluding hydrogens is 181 g/mol. The molecule has 0 amide bonds. The van der Waals surface area contributed by atoms with Crippen LogP contribution in [0.5, 0.6) is 0 Å². The number of carbonyl (C=O) groups excluding carboxylic acids is 1.